The fraction of sp³-hybridized carbons (Fsp3) is 0.391. The number of benzene rings is 2. The van der Waals surface area contributed by atoms with Crippen LogP contribution in [0.1, 0.15) is 44.2 Å². The monoisotopic (exact) mass is 397 g/mol. The number of carbonyl (C=O) groups is 2. The Hall–Kier alpha value is -2.86. The first-order chi connectivity index (χ1) is 13.8. The summed E-state index contributed by atoms with van der Waals surface area (Å²) in [5.41, 5.74) is 4.05. The molecule has 0 aliphatic heterocycles. The van der Waals surface area contributed by atoms with Gasteiger partial charge in [0.15, 0.2) is 6.10 Å². The van der Waals surface area contributed by atoms with Crippen LogP contribution in [-0.4, -0.2) is 42.0 Å². The summed E-state index contributed by atoms with van der Waals surface area (Å²) in [4.78, 5) is 23.5. The second-order valence-electron chi connectivity index (χ2n) is 8.10. The van der Waals surface area contributed by atoms with Crippen molar-refractivity contribution in [2.45, 2.75) is 44.8 Å². The Labute approximate surface area is 170 Å². The first-order valence-corrected chi connectivity index (χ1v) is 9.76. The average Bonchev–Trinajstić information content (AvgIpc) is 2.98. The van der Waals surface area contributed by atoms with Crippen LogP contribution in [0, 0.1) is 0 Å². The summed E-state index contributed by atoms with van der Waals surface area (Å²) in [5, 5.41) is 11.9. The van der Waals surface area contributed by atoms with Crippen LogP contribution < -0.4 is 5.32 Å². The zero-order valence-corrected chi connectivity index (χ0v) is 17.0. The van der Waals surface area contributed by atoms with Crippen molar-refractivity contribution in [3.63, 3.8) is 0 Å². The van der Waals surface area contributed by atoms with E-state index in [1.807, 2.05) is 24.3 Å². The van der Waals surface area contributed by atoms with E-state index in [9.17, 15) is 14.7 Å². The van der Waals surface area contributed by atoms with Gasteiger partial charge in [-0.3, -0.25) is 0 Å². The third-order valence-electron chi connectivity index (χ3n) is 4.79. The summed E-state index contributed by atoms with van der Waals surface area (Å²) in [6.45, 7) is 5.76. The number of amides is 1. The molecule has 2 aromatic carbocycles. The van der Waals surface area contributed by atoms with Gasteiger partial charge >= 0.3 is 12.1 Å². The molecular formula is C23H27NO5. The minimum atomic E-state index is -1.05. The minimum Gasteiger partial charge on any atom is -0.479 e. The van der Waals surface area contributed by atoms with Crippen molar-refractivity contribution in [2.75, 3.05) is 13.2 Å². The number of carboxylic acid groups (broad SMARTS) is 1. The van der Waals surface area contributed by atoms with Crippen molar-refractivity contribution in [3.8, 4) is 11.1 Å². The number of alkyl carbamates (subject to hydrolysis) is 1. The predicted octanol–water partition coefficient (Wildman–Crippen LogP) is 4.18. The molecule has 6 heteroatoms. The molecule has 154 valence electrons. The molecule has 0 bridgehead atoms. The topological polar surface area (TPSA) is 84.9 Å². The van der Waals surface area contributed by atoms with Crippen LogP contribution in [0.2, 0.25) is 0 Å². The molecule has 2 N–H and O–H groups in total. The van der Waals surface area contributed by atoms with Crippen LogP contribution >= 0.6 is 0 Å². The van der Waals surface area contributed by atoms with Crippen LogP contribution in [0.25, 0.3) is 11.1 Å². The first kappa shape index (κ1) is 20.9. The lowest BCUT2D eigenvalue weighted by atomic mass is 9.98. The molecule has 0 aromatic heterocycles. The Balaban J connectivity index is 1.54. The van der Waals surface area contributed by atoms with Crippen molar-refractivity contribution in [1.82, 2.24) is 5.32 Å². The molecule has 29 heavy (non-hydrogen) atoms. The molecule has 1 atom stereocenters. The lowest BCUT2D eigenvalue weighted by Gasteiger charge is -2.25. The number of carbonyl (C=O) groups excluding carboxylic acids is 1. The number of hydrogen-bond donors (Lipinski definition) is 2. The van der Waals surface area contributed by atoms with Gasteiger partial charge < -0.3 is 19.9 Å². The summed E-state index contributed by atoms with van der Waals surface area (Å²) < 4.78 is 11.0. The maximum Gasteiger partial charge on any atom is 0.407 e. The number of nitrogens with one attached hydrogen (secondary N) is 1. The number of aliphatic carboxylic acids is 1. The maximum absolute atomic E-state index is 12.1. The molecule has 1 aliphatic carbocycles. The molecule has 1 aliphatic rings. The SMILES string of the molecule is CC(C)(C)O[C@H](CCNC(=O)OCC1c2ccccc2-c2ccccc21)C(=O)O. The van der Waals surface area contributed by atoms with Gasteiger partial charge in [-0.25, -0.2) is 9.59 Å². The van der Waals surface area contributed by atoms with E-state index in [2.05, 4.69) is 29.6 Å². The van der Waals surface area contributed by atoms with Gasteiger partial charge in [0.1, 0.15) is 6.61 Å². The van der Waals surface area contributed by atoms with Crippen LogP contribution in [0.15, 0.2) is 48.5 Å². The van der Waals surface area contributed by atoms with Crippen LogP contribution in [-0.2, 0) is 14.3 Å². The lowest BCUT2D eigenvalue weighted by molar-refractivity contribution is -0.160. The average molecular weight is 397 g/mol. The molecule has 0 radical (unpaired) electrons. The van der Waals surface area contributed by atoms with Crippen molar-refractivity contribution < 1.29 is 24.2 Å². The standard InChI is InChI=1S/C23H27NO5/c1-23(2,3)29-20(21(25)26)12-13-24-22(27)28-14-19-17-10-6-4-8-15(17)16-9-5-7-11-18(16)19/h4-11,19-20H,12-14H2,1-3H3,(H,24,27)(H,25,26)/t20-/m1/s1. The smallest absolute Gasteiger partial charge is 0.407 e. The predicted molar refractivity (Wildman–Crippen MR) is 110 cm³/mol. The number of rotatable bonds is 7. The van der Waals surface area contributed by atoms with Gasteiger partial charge in [0.2, 0.25) is 0 Å². The number of fused-ring (bicyclic) bond motifs is 3. The molecule has 0 unspecified atom stereocenters. The van der Waals surface area contributed by atoms with E-state index in [0.717, 1.165) is 11.1 Å². The molecule has 0 spiro atoms. The normalized spacial score (nSPS) is 14.0. The van der Waals surface area contributed by atoms with Gasteiger partial charge in [0.25, 0.3) is 0 Å². The molecule has 0 fully saturated rings. The van der Waals surface area contributed by atoms with E-state index in [-0.39, 0.29) is 25.5 Å². The third-order valence-corrected chi connectivity index (χ3v) is 4.79. The molecule has 0 heterocycles. The van der Waals surface area contributed by atoms with Crippen LogP contribution in [0.5, 0.6) is 0 Å². The molecule has 0 saturated heterocycles. The summed E-state index contributed by atoms with van der Waals surface area (Å²) in [6, 6.07) is 16.3. The summed E-state index contributed by atoms with van der Waals surface area (Å²) in [6.07, 6.45) is -1.38. The van der Waals surface area contributed by atoms with Crippen LogP contribution in [0.4, 0.5) is 4.79 Å². The van der Waals surface area contributed by atoms with Crippen LogP contribution in [0.3, 0.4) is 0 Å². The second kappa shape index (κ2) is 8.66. The molecule has 3 rings (SSSR count). The highest BCUT2D eigenvalue weighted by Crippen LogP contribution is 2.44. The fourth-order valence-electron chi connectivity index (χ4n) is 3.61. The van der Waals surface area contributed by atoms with Gasteiger partial charge in [0, 0.05) is 18.9 Å². The number of hydrogen-bond acceptors (Lipinski definition) is 4. The summed E-state index contributed by atoms with van der Waals surface area (Å²) in [5.74, 6) is -1.06. The Morgan fingerprint density at radius 2 is 1.59 bits per heavy atom. The second-order valence-corrected chi connectivity index (χ2v) is 8.10. The summed E-state index contributed by atoms with van der Waals surface area (Å²) >= 11 is 0. The van der Waals surface area contributed by atoms with E-state index in [4.69, 9.17) is 9.47 Å². The Bertz CT molecular complexity index is 841. The first-order valence-electron chi connectivity index (χ1n) is 9.76. The van der Waals surface area contributed by atoms with Crippen molar-refractivity contribution in [3.05, 3.63) is 59.7 Å². The largest absolute Gasteiger partial charge is 0.479 e. The third kappa shape index (κ3) is 5.15. The number of ether oxygens (including phenoxy) is 2. The van der Waals surface area contributed by atoms with Gasteiger partial charge in [-0.2, -0.15) is 0 Å². The van der Waals surface area contributed by atoms with E-state index in [1.54, 1.807) is 20.8 Å². The molecule has 2 aromatic rings. The molecule has 1 amide bonds. The van der Waals surface area contributed by atoms with E-state index in [1.165, 1.54) is 11.1 Å². The van der Waals surface area contributed by atoms with E-state index >= 15 is 0 Å². The zero-order chi connectivity index (χ0) is 21.0. The number of carboxylic acids is 1. The summed E-state index contributed by atoms with van der Waals surface area (Å²) in [7, 11) is 0. The van der Waals surface area contributed by atoms with Gasteiger partial charge in [0.05, 0.1) is 5.60 Å². The Morgan fingerprint density at radius 3 is 2.10 bits per heavy atom. The quantitative estimate of drug-likeness (QED) is 0.732. The van der Waals surface area contributed by atoms with E-state index in [0.29, 0.717) is 0 Å². The maximum atomic E-state index is 12.1. The minimum absolute atomic E-state index is 0.0101. The highest BCUT2D eigenvalue weighted by atomic mass is 16.5. The van der Waals surface area contributed by atoms with Gasteiger partial charge in [-0.1, -0.05) is 48.5 Å². The van der Waals surface area contributed by atoms with Gasteiger partial charge in [-0.15, -0.1) is 0 Å². The highest BCUT2D eigenvalue weighted by Gasteiger charge is 2.29. The molecule has 6 nitrogen and oxygen atoms in total. The Kier molecular flexibility index (Phi) is 6.23. The zero-order valence-electron chi connectivity index (χ0n) is 17.0. The highest BCUT2D eigenvalue weighted by molar-refractivity contribution is 5.79. The van der Waals surface area contributed by atoms with Crippen molar-refractivity contribution >= 4 is 12.1 Å². The lowest BCUT2D eigenvalue weighted by Crippen LogP contribution is -2.37. The van der Waals surface area contributed by atoms with E-state index < -0.39 is 23.8 Å². The van der Waals surface area contributed by atoms with Crippen molar-refractivity contribution in [2.24, 2.45) is 0 Å². The molecule has 0 saturated carbocycles. The van der Waals surface area contributed by atoms with Gasteiger partial charge in [-0.05, 0) is 43.0 Å². The van der Waals surface area contributed by atoms with Crippen molar-refractivity contribution in [1.29, 1.82) is 0 Å². The fourth-order valence-corrected chi connectivity index (χ4v) is 3.61. The Morgan fingerprint density at radius 1 is 1.03 bits per heavy atom. The molecular weight excluding hydrogens is 370 g/mol.